The minimum atomic E-state index is -0.224. The smallest absolute Gasteiger partial charge is 0.319 e. The number of aromatic nitrogens is 2. The Bertz CT molecular complexity index is 717. The van der Waals surface area contributed by atoms with Gasteiger partial charge in [-0.2, -0.15) is 5.10 Å². The molecule has 7 nitrogen and oxygen atoms in total. The molecule has 1 aliphatic rings. The van der Waals surface area contributed by atoms with E-state index in [0.29, 0.717) is 13.2 Å². The molecule has 27 heavy (non-hydrogen) atoms. The van der Waals surface area contributed by atoms with E-state index in [9.17, 15) is 4.79 Å². The van der Waals surface area contributed by atoms with E-state index in [1.807, 2.05) is 38.1 Å². The number of hydrogen-bond donors (Lipinski definition) is 3. The molecule has 7 heteroatoms. The molecule has 1 saturated heterocycles. The molecule has 3 N–H and O–H groups in total. The van der Waals surface area contributed by atoms with Gasteiger partial charge in [-0.15, -0.1) is 0 Å². The number of hydrogen-bond acceptors (Lipinski definition) is 4. The zero-order chi connectivity index (χ0) is 19.1. The van der Waals surface area contributed by atoms with Gasteiger partial charge in [-0.05, 0) is 69.4 Å². The summed E-state index contributed by atoms with van der Waals surface area (Å²) in [5.74, 6) is 0.779. The highest BCUT2D eigenvalue weighted by Gasteiger charge is 2.14. The second-order valence-corrected chi connectivity index (χ2v) is 6.87. The van der Waals surface area contributed by atoms with Gasteiger partial charge >= 0.3 is 6.03 Å². The van der Waals surface area contributed by atoms with Crippen LogP contribution in [0.1, 0.15) is 36.2 Å². The molecule has 0 bridgehead atoms. The molecule has 2 amide bonds. The molecule has 146 valence electrons. The summed E-state index contributed by atoms with van der Waals surface area (Å²) in [6.07, 6.45) is 4.33. The van der Waals surface area contributed by atoms with Crippen molar-refractivity contribution < 1.29 is 14.3 Å². The average Bonchev–Trinajstić information content (AvgIpc) is 3.00. The summed E-state index contributed by atoms with van der Waals surface area (Å²) in [6, 6.07) is 7.16. The van der Waals surface area contributed by atoms with Gasteiger partial charge in [0.2, 0.25) is 0 Å². The predicted molar refractivity (Wildman–Crippen MR) is 104 cm³/mol. The van der Waals surface area contributed by atoms with Crippen molar-refractivity contribution >= 4 is 11.7 Å². The first-order chi connectivity index (χ1) is 13.1. The highest BCUT2D eigenvalue weighted by atomic mass is 16.5. The second-order valence-electron chi connectivity index (χ2n) is 6.87. The van der Waals surface area contributed by atoms with Gasteiger partial charge in [0.1, 0.15) is 12.4 Å². The average molecular weight is 372 g/mol. The van der Waals surface area contributed by atoms with Crippen LogP contribution < -0.4 is 15.4 Å². The SMILES string of the molecule is Cc1n[nH]c(C)c1CCNC(=O)Nc1ccc(OCC2CCCCO2)cc1. The number of anilines is 1. The van der Waals surface area contributed by atoms with E-state index in [0.717, 1.165) is 54.3 Å². The minimum Gasteiger partial charge on any atom is -0.491 e. The maximum absolute atomic E-state index is 12.0. The molecule has 2 aromatic rings. The number of nitrogens with one attached hydrogen (secondary N) is 3. The van der Waals surface area contributed by atoms with Crippen molar-refractivity contribution in [3.05, 3.63) is 41.2 Å². The van der Waals surface area contributed by atoms with E-state index >= 15 is 0 Å². The van der Waals surface area contributed by atoms with Crippen molar-refractivity contribution in [3.8, 4) is 5.75 Å². The Morgan fingerprint density at radius 1 is 1.30 bits per heavy atom. The number of H-pyrrole nitrogens is 1. The number of ether oxygens (including phenoxy) is 2. The highest BCUT2D eigenvalue weighted by molar-refractivity contribution is 5.89. The summed E-state index contributed by atoms with van der Waals surface area (Å²) in [5, 5.41) is 12.8. The number of nitrogens with zero attached hydrogens (tertiary/aromatic N) is 1. The lowest BCUT2D eigenvalue weighted by atomic mass is 10.1. The van der Waals surface area contributed by atoms with Crippen LogP contribution in [0.2, 0.25) is 0 Å². The predicted octanol–water partition coefficient (Wildman–Crippen LogP) is 3.34. The minimum absolute atomic E-state index is 0.185. The lowest BCUT2D eigenvalue weighted by Crippen LogP contribution is -2.30. The van der Waals surface area contributed by atoms with E-state index in [-0.39, 0.29) is 12.1 Å². The molecule has 0 spiro atoms. The van der Waals surface area contributed by atoms with Crippen LogP contribution in [0.15, 0.2) is 24.3 Å². The summed E-state index contributed by atoms with van der Waals surface area (Å²) in [6.45, 7) is 5.89. The molecule has 1 fully saturated rings. The summed E-state index contributed by atoms with van der Waals surface area (Å²) in [7, 11) is 0. The number of carbonyl (C=O) groups is 1. The molecule has 1 unspecified atom stereocenters. The highest BCUT2D eigenvalue weighted by Crippen LogP contribution is 2.18. The van der Waals surface area contributed by atoms with Crippen molar-refractivity contribution in [2.24, 2.45) is 0 Å². The number of aryl methyl sites for hydroxylation is 2. The van der Waals surface area contributed by atoms with Crippen molar-refractivity contribution in [1.82, 2.24) is 15.5 Å². The van der Waals surface area contributed by atoms with E-state index in [2.05, 4.69) is 20.8 Å². The van der Waals surface area contributed by atoms with Crippen LogP contribution in [0.3, 0.4) is 0 Å². The molecular weight excluding hydrogens is 344 g/mol. The van der Waals surface area contributed by atoms with Crippen molar-refractivity contribution in [2.75, 3.05) is 25.1 Å². The topological polar surface area (TPSA) is 88.3 Å². The number of urea groups is 1. The quantitative estimate of drug-likeness (QED) is 0.695. The number of benzene rings is 1. The number of rotatable bonds is 7. The van der Waals surface area contributed by atoms with Crippen LogP contribution >= 0.6 is 0 Å². The summed E-state index contributed by atoms with van der Waals surface area (Å²) in [4.78, 5) is 12.0. The van der Waals surface area contributed by atoms with Gasteiger partial charge in [0.15, 0.2) is 0 Å². The maximum Gasteiger partial charge on any atom is 0.319 e. The third kappa shape index (κ3) is 5.72. The van der Waals surface area contributed by atoms with Gasteiger partial charge in [-0.1, -0.05) is 0 Å². The molecule has 1 aliphatic heterocycles. The Morgan fingerprint density at radius 2 is 2.11 bits per heavy atom. The lowest BCUT2D eigenvalue weighted by Gasteiger charge is -2.22. The van der Waals surface area contributed by atoms with E-state index in [1.54, 1.807) is 0 Å². The molecule has 1 atom stereocenters. The third-order valence-corrected chi connectivity index (χ3v) is 4.76. The summed E-state index contributed by atoms with van der Waals surface area (Å²) < 4.78 is 11.4. The van der Waals surface area contributed by atoms with Crippen LogP contribution in [0.4, 0.5) is 10.5 Å². The Morgan fingerprint density at radius 3 is 2.78 bits per heavy atom. The van der Waals surface area contributed by atoms with E-state index < -0.39 is 0 Å². The van der Waals surface area contributed by atoms with Crippen molar-refractivity contribution in [3.63, 3.8) is 0 Å². The van der Waals surface area contributed by atoms with Gasteiger partial charge in [0, 0.05) is 24.5 Å². The zero-order valence-corrected chi connectivity index (χ0v) is 16.0. The van der Waals surface area contributed by atoms with Gasteiger partial charge in [-0.3, -0.25) is 5.10 Å². The van der Waals surface area contributed by atoms with Crippen LogP contribution in [0, 0.1) is 13.8 Å². The Labute approximate surface area is 159 Å². The fourth-order valence-corrected chi connectivity index (χ4v) is 3.18. The number of amides is 2. The fraction of sp³-hybridized carbons (Fsp3) is 0.500. The van der Waals surface area contributed by atoms with Gasteiger partial charge < -0.3 is 20.1 Å². The number of carbonyl (C=O) groups excluding carboxylic acids is 1. The molecular formula is C20H28N4O3. The Kier molecular flexibility index (Phi) is 6.70. The van der Waals surface area contributed by atoms with E-state index in [4.69, 9.17) is 9.47 Å². The lowest BCUT2D eigenvalue weighted by molar-refractivity contribution is -0.0110. The third-order valence-electron chi connectivity index (χ3n) is 4.76. The molecule has 0 radical (unpaired) electrons. The van der Waals surface area contributed by atoms with Crippen LogP contribution in [-0.2, 0) is 11.2 Å². The molecule has 0 aliphatic carbocycles. The Hall–Kier alpha value is -2.54. The van der Waals surface area contributed by atoms with Crippen molar-refractivity contribution in [2.45, 2.75) is 45.6 Å². The maximum atomic E-state index is 12.0. The molecule has 1 aromatic carbocycles. The first-order valence-corrected chi connectivity index (χ1v) is 9.51. The van der Waals surface area contributed by atoms with Gasteiger partial charge in [0.05, 0.1) is 11.8 Å². The number of aromatic amines is 1. The Balaban J connectivity index is 1.39. The van der Waals surface area contributed by atoms with E-state index in [1.165, 1.54) is 6.42 Å². The summed E-state index contributed by atoms with van der Waals surface area (Å²) in [5.41, 5.74) is 3.90. The largest absolute Gasteiger partial charge is 0.491 e. The monoisotopic (exact) mass is 372 g/mol. The van der Waals surface area contributed by atoms with Crippen LogP contribution in [0.5, 0.6) is 5.75 Å². The molecule has 2 heterocycles. The second kappa shape index (κ2) is 9.41. The van der Waals surface area contributed by atoms with Gasteiger partial charge in [0.25, 0.3) is 0 Å². The van der Waals surface area contributed by atoms with Gasteiger partial charge in [-0.25, -0.2) is 4.79 Å². The standard InChI is InChI=1S/C20H28N4O3/c1-14-19(15(2)24-23-14)10-11-21-20(25)22-16-6-8-17(9-7-16)27-13-18-5-3-4-12-26-18/h6-9,18H,3-5,10-13H2,1-2H3,(H,23,24)(H2,21,22,25). The van der Waals surface area contributed by atoms with Crippen LogP contribution in [-0.4, -0.2) is 42.1 Å². The molecule has 3 rings (SSSR count). The fourth-order valence-electron chi connectivity index (χ4n) is 3.18. The zero-order valence-electron chi connectivity index (χ0n) is 16.0. The molecule has 1 aromatic heterocycles. The summed E-state index contributed by atoms with van der Waals surface area (Å²) >= 11 is 0. The first-order valence-electron chi connectivity index (χ1n) is 9.51. The van der Waals surface area contributed by atoms with Crippen molar-refractivity contribution in [1.29, 1.82) is 0 Å². The molecule has 0 saturated carbocycles. The first kappa shape index (κ1) is 19.2. The van der Waals surface area contributed by atoms with Crippen LogP contribution in [0.25, 0.3) is 0 Å². The normalized spacial score (nSPS) is 16.7.